The molecular weight excluding hydrogens is 326 g/mol. The van der Waals surface area contributed by atoms with Gasteiger partial charge in [0.25, 0.3) is 11.6 Å². The van der Waals surface area contributed by atoms with E-state index >= 15 is 0 Å². The molecule has 2 aromatic heterocycles. The number of benzene rings is 1. The first kappa shape index (κ1) is 16.8. The van der Waals surface area contributed by atoms with Crippen LogP contribution in [0.25, 0.3) is 11.1 Å². The molecule has 1 fully saturated rings. The van der Waals surface area contributed by atoms with Gasteiger partial charge in [0.15, 0.2) is 0 Å². The second-order valence-corrected chi connectivity index (χ2v) is 7.30. The highest BCUT2D eigenvalue weighted by atomic mass is 16.5. The van der Waals surface area contributed by atoms with Crippen LogP contribution in [0.2, 0.25) is 0 Å². The van der Waals surface area contributed by atoms with Crippen molar-refractivity contribution >= 4 is 17.0 Å². The molecule has 2 heterocycles. The van der Waals surface area contributed by atoms with Crippen molar-refractivity contribution < 1.29 is 9.32 Å². The minimum Gasteiger partial charge on any atom is -0.351 e. The number of aryl methyl sites for hydroxylation is 2. The summed E-state index contributed by atoms with van der Waals surface area (Å²) >= 11 is 0. The molecule has 1 N–H and O–H groups in total. The van der Waals surface area contributed by atoms with Crippen LogP contribution in [0.3, 0.4) is 0 Å². The Hall–Kier alpha value is -2.69. The Kier molecular flexibility index (Phi) is 4.23. The molecule has 0 radical (unpaired) electrons. The lowest BCUT2D eigenvalue weighted by molar-refractivity contribution is 0.0944. The summed E-state index contributed by atoms with van der Waals surface area (Å²) in [5.74, 6) is -0.0889. The Morgan fingerprint density at radius 1 is 1.19 bits per heavy atom. The van der Waals surface area contributed by atoms with Crippen LogP contribution >= 0.6 is 0 Å². The number of nitrogens with zero attached hydrogens (tertiary/aromatic N) is 2. The van der Waals surface area contributed by atoms with E-state index in [-0.39, 0.29) is 11.3 Å². The molecule has 1 amide bonds. The van der Waals surface area contributed by atoms with E-state index in [1.54, 1.807) is 0 Å². The number of hydrogen-bond acceptors (Lipinski definition) is 4. The van der Waals surface area contributed by atoms with Crippen molar-refractivity contribution in [3.63, 3.8) is 0 Å². The highest BCUT2D eigenvalue weighted by Crippen LogP contribution is 2.40. The maximum atomic E-state index is 13.0. The smallest absolute Gasteiger partial charge is 0.258 e. The normalized spacial score (nSPS) is 16.1. The van der Waals surface area contributed by atoms with Crippen LogP contribution in [0.5, 0.6) is 0 Å². The molecule has 0 saturated heterocycles. The zero-order valence-electron chi connectivity index (χ0n) is 15.2. The van der Waals surface area contributed by atoms with E-state index in [2.05, 4.69) is 39.7 Å². The summed E-state index contributed by atoms with van der Waals surface area (Å²) in [7, 11) is 0. The Morgan fingerprint density at radius 3 is 2.65 bits per heavy atom. The number of fused-ring (bicyclic) bond motifs is 1. The van der Waals surface area contributed by atoms with Gasteiger partial charge in [0.05, 0.1) is 16.6 Å². The highest BCUT2D eigenvalue weighted by molar-refractivity contribution is 6.06. The average molecular weight is 349 g/mol. The number of amides is 1. The highest BCUT2D eigenvalue weighted by Gasteiger charge is 2.36. The predicted octanol–water partition coefficient (Wildman–Crippen LogP) is 4.08. The van der Waals surface area contributed by atoms with E-state index in [1.165, 1.54) is 18.4 Å². The molecule has 1 aromatic carbocycles. The number of nitrogens with one attached hydrogen (secondary N) is 1. The van der Waals surface area contributed by atoms with Gasteiger partial charge < -0.3 is 9.84 Å². The van der Waals surface area contributed by atoms with E-state index < -0.39 is 0 Å². The monoisotopic (exact) mass is 349 g/mol. The molecule has 134 valence electrons. The first-order valence-corrected chi connectivity index (χ1v) is 9.16. The van der Waals surface area contributed by atoms with Crippen LogP contribution in [-0.2, 0) is 5.41 Å². The molecule has 0 aliphatic heterocycles. The van der Waals surface area contributed by atoms with Crippen molar-refractivity contribution in [3.05, 3.63) is 58.9 Å². The zero-order valence-corrected chi connectivity index (χ0v) is 15.2. The van der Waals surface area contributed by atoms with E-state index in [1.807, 2.05) is 26.0 Å². The summed E-state index contributed by atoms with van der Waals surface area (Å²) < 4.78 is 5.25. The molecule has 0 bridgehead atoms. The van der Waals surface area contributed by atoms with E-state index in [0.29, 0.717) is 28.9 Å². The van der Waals surface area contributed by atoms with Crippen molar-refractivity contribution in [1.29, 1.82) is 0 Å². The summed E-state index contributed by atoms with van der Waals surface area (Å²) in [4.78, 5) is 17.3. The van der Waals surface area contributed by atoms with Crippen molar-refractivity contribution in [2.45, 2.75) is 44.9 Å². The minimum absolute atomic E-state index is 0.0296. The topological polar surface area (TPSA) is 68.0 Å². The van der Waals surface area contributed by atoms with Crippen LogP contribution < -0.4 is 5.32 Å². The third-order valence-electron chi connectivity index (χ3n) is 5.52. The molecule has 1 aliphatic carbocycles. The molecule has 5 heteroatoms. The summed E-state index contributed by atoms with van der Waals surface area (Å²) in [5.41, 5.74) is 3.80. The third-order valence-corrected chi connectivity index (χ3v) is 5.52. The van der Waals surface area contributed by atoms with Gasteiger partial charge in [-0.2, -0.15) is 0 Å². The lowest BCUT2D eigenvalue weighted by atomic mass is 9.79. The lowest BCUT2D eigenvalue weighted by Gasteiger charge is -2.30. The fraction of sp³-hybridized carbons (Fsp3) is 0.381. The molecule has 26 heavy (non-hydrogen) atoms. The van der Waals surface area contributed by atoms with Crippen LogP contribution in [-0.4, -0.2) is 22.6 Å². The van der Waals surface area contributed by atoms with Crippen LogP contribution in [0.1, 0.15) is 53.0 Å². The van der Waals surface area contributed by atoms with E-state index in [9.17, 15) is 4.79 Å². The fourth-order valence-electron chi connectivity index (χ4n) is 4.15. The average Bonchev–Trinajstić information content (AvgIpc) is 3.28. The first-order valence-electron chi connectivity index (χ1n) is 9.16. The van der Waals surface area contributed by atoms with Crippen molar-refractivity contribution in [2.75, 3.05) is 6.54 Å². The number of carbonyl (C=O) groups is 1. The summed E-state index contributed by atoms with van der Waals surface area (Å²) in [6, 6.07) is 12.4. The minimum atomic E-state index is -0.0889. The molecule has 0 atom stereocenters. The van der Waals surface area contributed by atoms with Gasteiger partial charge in [-0.25, -0.2) is 4.98 Å². The number of rotatable bonds is 4. The van der Waals surface area contributed by atoms with Crippen molar-refractivity contribution in [3.8, 4) is 0 Å². The Bertz CT molecular complexity index is 941. The second-order valence-electron chi connectivity index (χ2n) is 7.30. The zero-order chi connectivity index (χ0) is 18.1. The maximum absolute atomic E-state index is 13.0. The SMILES string of the molecule is Cc1cc(C(=O)NCC2(c3ccccc3)CCCC2)c2c(C)noc2n1. The van der Waals surface area contributed by atoms with Gasteiger partial charge in [-0.1, -0.05) is 48.3 Å². The first-order chi connectivity index (χ1) is 12.6. The lowest BCUT2D eigenvalue weighted by Crippen LogP contribution is -2.39. The number of carbonyl (C=O) groups excluding carboxylic acids is 1. The number of aromatic nitrogens is 2. The van der Waals surface area contributed by atoms with Gasteiger partial charge in [0.2, 0.25) is 0 Å². The molecular formula is C21H23N3O2. The molecule has 4 rings (SSSR count). The summed E-state index contributed by atoms with van der Waals surface area (Å²) in [5, 5.41) is 7.84. The molecule has 0 spiro atoms. The van der Waals surface area contributed by atoms with Gasteiger partial charge in [-0.15, -0.1) is 0 Å². The second kappa shape index (κ2) is 6.56. The molecule has 1 saturated carbocycles. The van der Waals surface area contributed by atoms with Gasteiger partial charge in [0, 0.05) is 17.7 Å². The number of pyridine rings is 1. The third kappa shape index (κ3) is 2.87. The van der Waals surface area contributed by atoms with Gasteiger partial charge >= 0.3 is 0 Å². The van der Waals surface area contributed by atoms with Gasteiger partial charge in [-0.3, -0.25) is 4.79 Å². The summed E-state index contributed by atoms with van der Waals surface area (Å²) in [6.45, 7) is 4.33. The fourth-order valence-corrected chi connectivity index (χ4v) is 4.15. The summed E-state index contributed by atoms with van der Waals surface area (Å²) in [6.07, 6.45) is 4.62. The molecule has 5 nitrogen and oxygen atoms in total. The van der Waals surface area contributed by atoms with E-state index in [4.69, 9.17) is 4.52 Å². The molecule has 3 aromatic rings. The van der Waals surface area contributed by atoms with Crippen LogP contribution in [0.15, 0.2) is 40.9 Å². The molecule has 0 unspecified atom stereocenters. The largest absolute Gasteiger partial charge is 0.351 e. The van der Waals surface area contributed by atoms with Gasteiger partial charge in [0.1, 0.15) is 0 Å². The maximum Gasteiger partial charge on any atom is 0.258 e. The van der Waals surface area contributed by atoms with Crippen LogP contribution in [0.4, 0.5) is 0 Å². The van der Waals surface area contributed by atoms with Crippen molar-refractivity contribution in [1.82, 2.24) is 15.5 Å². The Morgan fingerprint density at radius 2 is 1.92 bits per heavy atom. The Balaban J connectivity index is 1.62. The van der Waals surface area contributed by atoms with Crippen LogP contribution in [0, 0.1) is 13.8 Å². The predicted molar refractivity (Wildman–Crippen MR) is 100 cm³/mol. The quantitative estimate of drug-likeness (QED) is 0.770. The number of hydrogen-bond donors (Lipinski definition) is 1. The standard InChI is InChI=1S/C21H23N3O2/c1-14-12-17(18-15(2)24-26-20(18)23-14)19(25)22-13-21(10-6-7-11-21)16-8-4-3-5-9-16/h3-5,8-9,12H,6-7,10-11,13H2,1-2H3,(H,22,25). The molecule has 1 aliphatic rings. The van der Waals surface area contributed by atoms with Gasteiger partial charge in [-0.05, 0) is 38.3 Å². The van der Waals surface area contributed by atoms with Crippen molar-refractivity contribution in [2.24, 2.45) is 0 Å². The van der Waals surface area contributed by atoms with E-state index in [0.717, 1.165) is 18.5 Å². The Labute approximate surface area is 152 Å².